The maximum absolute atomic E-state index is 14.3. The molecule has 5 unspecified atom stereocenters. The molecule has 0 spiro atoms. The van der Waals surface area contributed by atoms with Gasteiger partial charge in [0.05, 0.1) is 49.8 Å². The standard InChI is InChI=1S/C39H37NO15/c1-13-6-18-19(7-15(38(51)52)10-24(48)49)36(50)30-22(45)9-17(12-42)26-27-16(11-41)8-21(44)29-32(27)33(28(18)31(26)30)34(25(13)14(2)43)37(55-3)35(29)40-20(39(53)54)4-5-23(46)47/h6,8-9,15,20,25,28,36,40-42,50H,4-5,7,10-12H2,1-3H3,(H,46,47)(H,48,49)(H,51,52)(H,53,54). The lowest BCUT2D eigenvalue weighted by atomic mass is 9.58. The molecule has 0 saturated heterocycles. The molecule has 0 aromatic heterocycles. The topological polar surface area (TPSA) is 282 Å². The minimum atomic E-state index is -1.79. The van der Waals surface area contributed by atoms with Gasteiger partial charge in [-0.15, -0.1) is 0 Å². The first-order valence-corrected chi connectivity index (χ1v) is 17.2. The van der Waals surface area contributed by atoms with Gasteiger partial charge in [0, 0.05) is 29.0 Å². The van der Waals surface area contributed by atoms with E-state index in [2.05, 4.69) is 5.32 Å². The van der Waals surface area contributed by atoms with Gasteiger partial charge in [0.2, 0.25) is 0 Å². The van der Waals surface area contributed by atoms with Crippen LogP contribution < -0.4 is 10.1 Å². The summed E-state index contributed by atoms with van der Waals surface area (Å²) in [7, 11) is 1.22. The molecule has 8 N–H and O–H groups in total. The molecular weight excluding hydrogens is 722 g/mol. The predicted molar refractivity (Wildman–Crippen MR) is 189 cm³/mol. The van der Waals surface area contributed by atoms with Gasteiger partial charge >= 0.3 is 23.9 Å². The van der Waals surface area contributed by atoms with Crippen molar-refractivity contribution in [2.45, 2.75) is 63.5 Å². The van der Waals surface area contributed by atoms with Crippen molar-refractivity contribution >= 4 is 52.5 Å². The summed E-state index contributed by atoms with van der Waals surface area (Å²) in [4.78, 5) is 90.3. The summed E-state index contributed by atoms with van der Waals surface area (Å²) in [5, 5.41) is 75.5. The fourth-order valence-corrected chi connectivity index (χ4v) is 8.71. The molecule has 55 heavy (non-hydrogen) atoms. The van der Waals surface area contributed by atoms with Gasteiger partial charge in [0.15, 0.2) is 11.6 Å². The van der Waals surface area contributed by atoms with Gasteiger partial charge in [-0.2, -0.15) is 0 Å². The zero-order chi connectivity index (χ0) is 40.4. The Bertz CT molecular complexity index is 2230. The summed E-state index contributed by atoms with van der Waals surface area (Å²) in [6.45, 7) is 1.37. The molecule has 0 radical (unpaired) electrons. The van der Waals surface area contributed by atoms with Crippen molar-refractivity contribution in [3.63, 3.8) is 0 Å². The number of ether oxygens (including phenoxy) is 1. The zero-order valence-electron chi connectivity index (χ0n) is 29.8. The zero-order valence-corrected chi connectivity index (χ0v) is 29.8. The molecule has 16 nitrogen and oxygen atoms in total. The number of carbonyl (C=O) groups is 7. The van der Waals surface area contributed by atoms with E-state index in [0.717, 1.165) is 12.2 Å². The molecule has 0 bridgehead atoms. The van der Waals surface area contributed by atoms with Crippen molar-refractivity contribution in [2.24, 2.45) is 5.92 Å². The number of rotatable bonds is 15. The van der Waals surface area contributed by atoms with Crippen molar-refractivity contribution in [2.75, 3.05) is 25.6 Å². The fourth-order valence-electron chi connectivity index (χ4n) is 8.71. The monoisotopic (exact) mass is 759 g/mol. The maximum atomic E-state index is 14.3. The van der Waals surface area contributed by atoms with E-state index in [0.29, 0.717) is 5.57 Å². The number of hydrogen-bond acceptors (Lipinski definition) is 12. The highest BCUT2D eigenvalue weighted by Gasteiger charge is 2.52. The quantitative estimate of drug-likeness (QED) is 0.127. The highest BCUT2D eigenvalue weighted by molar-refractivity contribution is 6.22. The lowest BCUT2D eigenvalue weighted by molar-refractivity contribution is -0.148. The number of nitrogens with one attached hydrogen (secondary N) is 1. The molecule has 0 saturated carbocycles. The Morgan fingerprint density at radius 3 is 2.02 bits per heavy atom. The van der Waals surface area contributed by atoms with E-state index in [4.69, 9.17) is 4.74 Å². The van der Waals surface area contributed by atoms with E-state index in [1.165, 1.54) is 14.0 Å². The molecule has 5 aliphatic carbocycles. The molecule has 5 aliphatic rings. The summed E-state index contributed by atoms with van der Waals surface area (Å²) < 4.78 is 5.94. The number of Topliss-reactive ketones (excluding diaryl/α,β-unsaturated/α-hetero) is 1. The van der Waals surface area contributed by atoms with Crippen LogP contribution in [0.2, 0.25) is 0 Å². The van der Waals surface area contributed by atoms with Crippen molar-refractivity contribution in [1.82, 2.24) is 0 Å². The third-order valence-corrected chi connectivity index (χ3v) is 10.8. The normalized spacial score (nSPS) is 21.9. The van der Waals surface area contributed by atoms with Gasteiger partial charge in [-0.3, -0.25) is 28.8 Å². The van der Waals surface area contributed by atoms with E-state index < -0.39 is 110 Å². The van der Waals surface area contributed by atoms with Gasteiger partial charge in [0.1, 0.15) is 23.7 Å². The third-order valence-electron chi connectivity index (χ3n) is 10.8. The number of hydrogen-bond donors (Lipinski definition) is 8. The number of carboxylic acid groups (broad SMARTS) is 4. The molecular formula is C39H37NO15. The van der Waals surface area contributed by atoms with E-state index in [1.807, 2.05) is 0 Å². The molecule has 0 fully saturated rings. The van der Waals surface area contributed by atoms with Crippen LogP contribution in [-0.2, 0) is 28.8 Å². The van der Waals surface area contributed by atoms with E-state index in [1.54, 1.807) is 13.0 Å². The molecule has 1 aromatic rings. The van der Waals surface area contributed by atoms with Gasteiger partial charge in [-0.05, 0) is 83.4 Å². The number of aliphatic hydroxyl groups excluding tert-OH is 3. The SMILES string of the molecule is COc1c(NC(CCC(=O)O)C(=O)O)c2c3c4c1C(C(C)=O)C(C)=CC1=C(CC(CC(=O)O)C(=O)O)C(O)C5=C(C(=C3C(CO)=CC2=O)C(CO)=CC5=O)C14. The summed E-state index contributed by atoms with van der Waals surface area (Å²) >= 11 is 0. The second-order valence-electron chi connectivity index (χ2n) is 14.0. The van der Waals surface area contributed by atoms with Crippen LogP contribution in [0.15, 0.2) is 62.8 Å². The van der Waals surface area contributed by atoms with Crippen LogP contribution in [0.5, 0.6) is 5.75 Å². The first-order valence-electron chi connectivity index (χ1n) is 17.2. The second-order valence-corrected chi connectivity index (χ2v) is 14.0. The van der Waals surface area contributed by atoms with Crippen molar-refractivity contribution in [1.29, 1.82) is 0 Å². The van der Waals surface area contributed by atoms with Gasteiger partial charge in [0.25, 0.3) is 0 Å². The molecule has 288 valence electrons. The van der Waals surface area contributed by atoms with Crippen LogP contribution in [0, 0.1) is 5.92 Å². The van der Waals surface area contributed by atoms with Gasteiger partial charge in [-0.25, -0.2) is 4.79 Å². The first-order chi connectivity index (χ1) is 26.0. The third kappa shape index (κ3) is 6.11. The molecule has 5 atom stereocenters. The average Bonchev–Trinajstić information content (AvgIpc) is 3.24. The predicted octanol–water partition coefficient (Wildman–Crippen LogP) is 2.06. The van der Waals surface area contributed by atoms with E-state index >= 15 is 0 Å². The highest BCUT2D eigenvalue weighted by Crippen LogP contribution is 2.64. The number of methoxy groups -OCH3 is 1. The van der Waals surface area contributed by atoms with E-state index in [-0.39, 0.29) is 78.3 Å². The lowest BCUT2D eigenvalue weighted by Crippen LogP contribution is -2.38. The minimum absolute atomic E-state index is 0.0250. The van der Waals surface area contributed by atoms with E-state index in [9.17, 15) is 69.3 Å². The largest absolute Gasteiger partial charge is 0.494 e. The number of aliphatic carboxylic acids is 4. The molecule has 16 heteroatoms. The number of ketones is 3. The van der Waals surface area contributed by atoms with Gasteiger partial charge < -0.3 is 45.8 Å². The summed E-state index contributed by atoms with van der Waals surface area (Å²) in [6, 6.07) is -1.60. The maximum Gasteiger partial charge on any atom is 0.326 e. The Kier molecular flexibility index (Phi) is 10.1. The number of carboxylic acids is 4. The molecule has 0 heterocycles. The van der Waals surface area contributed by atoms with Crippen LogP contribution in [-0.4, -0.2) is 109 Å². The van der Waals surface area contributed by atoms with Crippen LogP contribution in [0.4, 0.5) is 5.69 Å². The number of aliphatic hydroxyl groups is 3. The average molecular weight is 760 g/mol. The number of anilines is 1. The smallest absolute Gasteiger partial charge is 0.326 e. The minimum Gasteiger partial charge on any atom is -0.494 e. The lowest BCUT2D eigenvalue weighted by Gasteiger charge is -2.45. The van der Waals surface area contributed by atoms with Crippen molar-refractivity contribution in [3.8, 4) is 5.75 Å². The van der Waals surface area contributed by atoms with Gasteiger partial charge in [-0.1, -0.05) is 11.6 Å². The Labute approximate surface area is 312 Å². The first kappa shape index (κ1) is 38.7. The van der Waals surface area contributed by atoms with Crippen LogP contribution in [0.1, 0.15) is 78.4 Å². The molecule has 0 aliphatic heterocycles. The fraction of sp³-hybridized carbons (Fsp3) is 0.359. The number of allylic oxidation sites excluding steroid dienone is 6. The van der Waals surface area contributed by atoms with Crippen LogP contribution in [0.3, 0.4) is 0 Å². The highest BCUT2D eigenvalue weighted by atomic mass is 16.5. The number of benzene rings is 1. The Morgan fingerprint density at radius 1 is 0.836 bits per heavy atom. The Hall–Kier alpha value is -5.97. The molecule has 1 aromatic carbocycles. The summed E-state index contributed by atoms with van der Waals surface area (Å²) in [5.41, 5.74) is 0.796. The molecule has 6 rings (SSSR count). The van der Waals surface area contributed by atoms with Crippen LogP contribution >= 0.6 is 0 Å². The number of carbonyl (C=O) groups excluding carboxylic acids is 3. The molecule has 0 amide bonds. The van der Waals surface area contributed by atoms with Crippen molar-refractivity contribution < 1.29 is 74.0 Å². The van der Waals surface area contributed by atoms with Crippen molar-refractivity contribution in [3.05, 3.63) is 85.1 Å². The Balaban J connectivity index is 1.85. The summed E-state index contributed by atoms with van der Waals surface area (Å²) in [6.07, 6.45) is -0.495. The van der Waals surface area contributed by atoms with Crippen LogP contribution in [0.25, 0.3) is 5.57 Å². The summed E-state index contributed by atoms with van der Waals surface area (Å²) in [5.74, 6) is -11.8. The second kappa shape index (κ2) is 14.4. The Morgan fingerprint density at radius 2 is 1.47 bits per heavy atom.